The minimum absolute atomic E-state index is 0.194. The lowest BCUT2D eigenvalue weighted by atomic mass is 9.89. The van der Waals surface area contributed by atoms with Gasteiger partial charge in [0, 0.05) is 13.0 Å². The van der Waals surface area contributed by atoms with E-state index in [1.54, 1.807) is 0 Å². The molecule has 0 radical (unpaired) electrons. The number of aldehydes is 1. The first kappa shape index (κ1) is 16.6. The SMILES string of the molecule is CC(C)(OCN)C(C)(C)OCCCCCC=O. The van der Waals surface area contributed by atoms with Gasteiger partial charge < -0.3 is 20.0 Å². The van der Waals surface area contributed by atoms with Gasteiger partial charge in [-0.15, -0.1) is 0 Å². The fourth-order valence-electron chi connectivity index (χ4n) is 1.39. The Labute approximate surface area is 105 Å². The first-order chi connectivity index (χ1) is 7.87. The zero-order valence-electron chi connectivity index (χ0n) is 11.6. The second-order valence-corrected chi connectivity index (χ2v) is 5.20. The molecular weight excluding hydrogens is 218 g/mol. The molecule has 102 valence electrons. The van der Waals surface area contributed by atoms with Crippen molar-refractivity contribution in [3.63, 3.8) is 0 Å². The van der Waals surface area contributed by atoms with Gasteiger partial charge >= 0.3 is 0 Å². The summed E-state index contributed by atoms with van der Waals surface area (Å²) in [6.07, 6.45) is 4.53. The van der Waals surface area contributed by atoms with E-state index in [2.05, 4.69) is 0 Å². The van der Waals surface area contributed by atoms with Crippen LogP contribution in [0.2, 0.25) is 0 Å². The summed E-state index contributed by atoms with van der Waals surface area (Å²) in [7, 11) is 0. The van der Waals surface area contributed by atoms with Gasteiger partial charge in [-0.05, 0) is 40.5 Å². The minimum Gasteiger partial charge on any atom is -0.373 e. The molecular formula is C13H27NO3. The van der Waals surface area contributed by atoms with Crippen molar-refractivity contribution in [2.45, 2.75) is 64.6 Å². The molecule has 2 N–H and O–H groups in total. The summed E-state index contributed by atoms with van der Waals surface area (Å²) in [5, 5.41) is 0. The minimum atomic E-state index is -0.412. The van der Waals surface area contributed by atoms with Crippen LogP contribution in [-0.4, -0.2) is 30.8 Å². The normalized spacial score (nSPS) is 12.8. The van der Waals surface area contributed by atoms with Gasteiger partial charge in [-0.1, -0.05) is 6.42 Å². The highest BCUT2D eigenvalue weighted by molar-refractivity contribution is 5.48. The molecule has 4 nitrogen and oxygen atoms in total. The fourth-order valence-corrected chi connectivity index (χ4v) is 1.39. The highest BCUT2D eigenvalue weighted by Crippen LogP contribution is 2.28. The summed E-state index contributed by atoms with van der Waals surface area (Å²) >= 11 is 0. The smallest absolute Gasteiger partial charge is 0.119 e. The van der Waals surface area contributed by atoms with Crippen molar-refractivity contribution >= 4 is 6.29 Å². The van der Waals surface area contributed by atoms with E-state index in [1.165, 1.54) is 0 Å². The highest BCUT2D eigenvalue weighted by atomic mass is 16.6. The van der Waals surface area contributed by atoms with Gasteiger partial charge in [0.2, 0.25) is 0 Å². The van der Waals surface area contributed by atoms with E-state index in [4.69, 9.17) is 15.2 Å². The standard InChI is InChI=1S/C13H27NO3/c1-12(2,13(3,4)17-11-14)16-10-8-6-5-7-9-15/h9H,5-8,10-11,14H2,1-4H3. The van der Waals surface area contributed by atoms with Crippen molar-refractivity contribution in [1.82, 2.24) is 0 Å². The molecule has 17 heavy (non-hydrogen) atoms. The quantitative estimate of drug-likeness (QED) is 0.364. The molecule has 0 unspecified atom stereocenters. The van der Waals surface area contributed by atoms with Crippen molar-refractivity contribution in [2.24, 2.45) is 5.73 Å². The molecule has 0 aromatic carbocycles. The topological polar surface area (TPSA) is 61.6 Å². The molecule has 0 aromatic heterocycles. The number of nitrogens with two attached hydrogens (primary N) is 1. The number of rotatable bonds is 10. The molecule has 0 fully saturated rings. The van der Waals surface area contributed by atoms with E-state index in [0.717, 1.165) is 25.5 Å². The van der Waals surface area contributed by atoms with Crippen LogP contribution in [0.5, 0.6) is 0 Å². The van der Waals surface area contributed by atoms with Crippen molar-refractivity contribution in [1.29, 1.82) is 0 Å². The van der Waals surface area contributed by atoms with Crippen LogP contribution >= 0.6 is 0 Å². The van der Waals surface area contributed by atoms with E-state index >= 15 is 0 Å². The number of carbonyl (C=O) groups excluding carboxylic acids is 1. The van der Waals surface area contributed by atoms with Gasteiger partial charge in [-0.3, -0.25) is 0 Å². The molecule has 0 bridgehead atoms. The maximum Gasteiger partial charge on any atom is 0.119 e. The average molecular weight is 245 g/mol. The summed E-state index contributed by atoms with van der Waals surface area (Å²) in [6.45, 7) is 8.85. The van der Waals surface area contributed by atoms with Crippen molar-refractivity contribution in [2.75, 3.05) is 13.3 Å². The van der Waals surface area contributed by atoms with Crippen LogP contribution in [0.15, 0.2) is 0 Å². The Morgan fingerprint density at radius 1 is 1.00 bits per heavy atom. The van der Waals surface area contributed by atoms with E-state index in [1.807, 2.05) is 27.7 Å². The molecule has 4 heteroatoms. The van der Waals surface area contributed by atoms with Crippen LogP contribution in [0.3, 0.4) is 0 Å². The van der Waals surface area contributed by atoms with Gasteiger partial charge in [-0.2, -0.15) is 0 Å². The van der Waals surface area contributed by atoms with Gasteiger partial charge in [0.1, 0.15) is 6.29 Å². The number of ether oxygens (including phenoxy) is 2. The van der Waals surface area contributed by atoms with Gasteiger partial charge in [0.25, 0.3) is 0 Å². The van der Waals surface area contributed by atoms with Crippen LogP contribution < -0.4 is 5.73 Å². The molecule has 0 spiro atoms. The maximum atomic E-state index is 10.1. The van der Waals surface area contributed by atoms with Crippen LogP contribution in [0, 0.1) is 0 Å². The summed E-state index contributed by atoms with van der Waals surface area (Å²) < 4.78 is 11.4. The summed E-state index contributed by atoms with van der Waals surface area (Å²) in [4.78, 5) is 10.1. The van der Waals surface area contributed by atoms with E-state index in [0.29, 0.717) is 13.0 Å². The maximum absolute atomic E-state index is 10.1. The summed E-state index contributed by atoms with van der Waals surface area (Å²) in [6, 6.07) is 0. The molecule has 0 heterocycles. The lowest BCUT2D eigenvalue weighted by Gasteiger charge is -2.40. The fraction of sp³-hybridized carbons (Fsp3) is 0.923. The lowest BCUT2D eigenvalue weighted by molar-refractivity contribution is -0.175. The Kier molecular flexibility index (Phi) is 7.59. The van der Waals surface area contributed by atoms with Gasteiger partial charge in [0.05, 0.1) is 17.9 Å². The third kappa shape index (κ3) is 6.15. The molecule has 0 aromatic rings. The van der Waals surface area contributed by atoms with E-state index < -0.39 is 5.60 Å². The van der Waals surface area contributed by atoms with Gasteiger partial charge in [0.15, 0.2) is 0 Å². The Bertz CT molecular complexity index is 215. The van der Waals surface area contributed by atoms with Crippen LogP contribution in [-0.2, 0) is 14.3 Å². The second-order valence-electron chi connectivity index (χ2n) is 5.20. The number of hydrogen-bond acceptors (Lipinski definition) is 4. The monoisotopic (exact) mass is 245 g/mol. The van der Waals surface area contributed by atoms with Crippen molar-refractivity contribution in [3.05, 3.63) is 0 Å². The molecule has 0 saturated carbocycles. The first-order valence-electron chi connectivity index (χ1n) is 6.29. The molecule has 0 aliphatic carbocycles. The predicted molar refractivity (Wildman–Crippen MR) is 68.8 cm³/mol. The van der Waals surface area contributed by atoms with Crippen LogP contribution in [0.1, 0.15) is 53.4 Å². The predicted octanol–water partition coefficient (Wildman–Crippen LogP) is 2.25. The van der Waals surface area contributed by atoms with Crippen LogP contribution in [0.25, 0.3) is 0 Å². The molecule has 0 amide bonds. The molecule has 0 aliphatic heterocycles. The van der Waals surface area contributed by atoms with Crippen molar-refractivity contribution in [3.8, 4) is 0 Å². The van der Waals surface area contributed by atoms with E-state index in [9.17, 15) is 4.79 Å². The van der Waals surface area contributed by atoms with Crippen molar-refractivity contribution < 1.29 is 14.3 Å². The zero-order valence-corrected chi connectivity index (χ0v) is 11.6. The Hall–Kier alpha value is -0.450. The van der Waals surface area contributed by atoms with E-state index in [-0.39, 0.29) is 12.3 Å². The molecule has 0 rings (SSSR count). The largest absolute Gasteiger partial charge is 0.373 e. The highest BCUT2D eigenvalue weighted by Gasteiger charge is 2.38. The summed E-state index contributed by atoms with van der Waals surface area (Å²) in [5.41, 5.74) is 4.62. The Morgan fingerprint density at radius 2 is 1.59 bits per heavy atom. The average Bonchev–Trinajstić information content (AvgIpc) is 2.23. The summed E-state index contributed by atoms with van der Waals surface area (Å²) in [5.74, 6) is 0. The number of unbranched alkanes of at least 4 members (excludes halogenated alkanes) is 3. The molecule has 0 atom stereocenters. The molecule has 0 aliphatic rings. The first-order valence-corrected chi connectivity index (χ1v) is 6.29. The molecule has 0 saturated heterocycles. The second kappa shape index (κ2) is 7.80. The number of hydrogen-bond donors (Lipinski definition) is 1. The number of carbonyl (C=O) groups is 1. The Balaban J connectivity index is 3.88. The van der Waals surface area contributed by atoms with Gasteiger partial charge in [-0.25, -0.2) is 0 Å². The third-order valence-electron chi connectivity index (χ3n) is 3.32. The Morgan fingerprint density at radius 3 is 2.12 bits per heavy atom. The third-order valence-corrected chi connectivity index (χ3v) is 3.32. The lowest BCUT2D eigenvalue weighted by Crippen LogP contribution is -2.50. The zero-order chi connectivity index (χ0) is 13.4. The van der Waals surface area contributed by atoms with Crippen LogP contribution in [0.4, 0.5) is 0 Å².